The Hall–Kier alpha value is -1.06. The van der Waals surface area contributed by atoms with Crippen molar-refractivity contribution in [2.45, 2.75) is 58.2 Å². The number of nitrogens with one attached hydrogen (secondary N) is 1. The molecule has 1 aromatic rings. The minimum absolute atomic E-state index is 0.395. The summed E-state index contributed by atoms with van der Waals surface area (Å²) < 4.78 is 5.22. The Morgan fingerprint density at radius 1 is 1.10 bits per heavy atom. The first-order chi connectivity index (χ1) is 10.1. The summed E-state index contributed by atoms with van der Waals surface area (Å²) >= 11 is 0. The van der Waals surface area contributed by atoms with Crippen LogP contribution in [0.4, 0.5) is 0 Å². The van der Waals surface area contributed by atoms with Crippen molar-refractivity contribution in [3.05, 3.63) is 29.8 Å². The molecule has 21 heavy (non-hydrogen) atoms. The molecule has 0 bridgehead atoms. The minimum atomic E-state index is 0.395. The fourth-order valence-corrected chi connectivity index (χ4v) is 3.14. The van der Waals surface area contributed by atoms with E-state index in [2.05, 4.69) is 43.1 Å². The van der Waals surface area contributed by atoms with Crippen LogP contribution in [0.2, 0.25) is 0 Å². The summed E-state index contributed by atoms with van der Waals surface area (Å²) in [5, 5.41) is 3.80. The summed E-state index contributed by atoms with van der Waals surface area (Å²) in [6.07, 6.45) is 3.83. The van der Waals surface area contributed by atoms with Crippen LogP contribution >= 0.6 is 0 Å². The molecule has 2 atom stereocenters. The number of likely N-dealkylation sites (tertiary alicyclic amines) is 1. The predicted octanol–water partition coefficient (Wildman–Crippen LogP) is 3.61. The van der Waals surface area contributed by atoms with Gasteiger partial charge < -0.3 is 15.0 Å². The Morgan fingerprint density at radius 3 is 2.43 bits per heavy atom. The van der Waals surface area contributed by atoms with Crippen LogP contribution in [0, 0.1) is 0 Å². The Kier molecular flexibility index (Phi) is 6.07. The molecule has 0 spiro atoms. The maximum atomic E-state index is 5.22. The van der Waals surface area contributed by atoms with E-state index in [0.717, 1.165) is 5.75 Å². The highest BCUT2D eigenvalue weighted by Gasteiger charge is 2.20. The van der Waals surface area contributed by atoms with Gasteiger partial charge in [0.1, 0.15) is 5.75 Å². The molecule has 1 N–H and O–H groups in total. The second-order valence-electron chi connectivity index (χ2n) is 6.42. The molecule has 1 aliphatic rings. The molecular formula is C18H30N2O. The van der Waals surface area contributed by atoms with Gasteiger partial charge in [-0.1, -0.05) is 12.1 Å². The van der Waals surface area contributed by atoms with Crippen LogP contribution in [0.3, 0.4) is 0 Å². The van der Waals surface area contributed by atoms with Gasteiger partial charge in [0.05, 0.1) is 7.11 Å². The van der Waals surface area contributed by atoms with Gasteiger partial charge in [-0.05, 0) is 70.8 Å². The first kappa shape index (κ1) is 16.3. The maximum Gasteiger partial charge on any atom is 0.118 e. The van der Waals surface area contributed by atoms with Gasteiger partial charge in [0.2, 0.25) is 0 Å². The van der Waals surface area contributed by atoms with Gasteiger partial charge in [0.15, 0.2) is 0 Å². The summed E-state index contributed by atoms with van der Waals surface area (Å²) in [7, 11) is 1.71. The zero-order valence-electron chi connectivity index (χ0n) is 13.9. The highest BCUT2D eigenvalue weighted by atomic mass is 16.5. The van der Waals surface area contributed by atoms with E-state index in [0.29, 0.717) is 18.1 Å². The van der Waals surface area contributed by atoms with E-state index in [4.69, 9.17) is 4.74 Å². The Balaban J connectivity index is 1.88. The number of hydrogen-bond donors (Lipinski definition) is 1. The third-order valence-corrected chi connectivity index (χ3v) is 4.59. The van der Waals surface area contributed by atoms with Crippen molar-refractivity contribution in [2.24, 2.45) is 0 Å². The quantitative estimate of drug-likeness (QED) is 0.896. The normalized spacial score (nSPS) is 22.0. The van der Waals surface area contributed by atoms with Crippen LogP contribution in [0.25, 0.3) is 0 Å². The van der Waals surface area contributed by atoms with E-state index in [1.165, 1.54) is 37.9 Å². The molecule has 1 unspecified atom stereocenters. The molecule has 1 heterocycles. The van der Waals surface area contributed by atoms with Gasteiger partial charge in [-0.25, -0.2) is 0 Å². The van der Waals surface area contributed by atoms with E-state index in [-0.39, 0.29) is 0 Å². The van der Waals surface area contributed by atoms with E-state index < -0.39 is 0 Å². The average molecular weight is 290 g/mol. The van der Waals surface area contributed by atoms with Crippen molar-refractivity contribution in [3.63, 3.8) is 0 Å². The van der Waals surface area contributed by atoms with Gasteiger partial charge >= 0.3 is 0 Å². The molecule has 0 radical (unpaired) electrons. The lowest BCUT2D eigenvalue weighted by Crippen LogP contribution is -2.34. The lowest BCUT2D eigenvalue weighted by atomic mass is 10.0. The van der Waals surface area contributed by atoms with Crippen molar-refractivity contribution in [1.82, 2.24) is 10.2 Å². The van der Waals surface area contributed by atoms with Gasteiger partial charge in [0.25, 0.3) is 0 Å². The summed E-state index contributed by atoms with van der Waals surface area (Å²) in [6.45, 7) is 9.31. The molecule has 3 nitrogen and oxygen atoms in total. The standard InChI is InChI=1S/C18H30N2O/c1-14(2)20-12-5-6-17(11-13-20)19-15(3)16-7-9-18(21-4)10-8-16/h7-10,14-15,17,19H,5-6,11-13H2,1-4H3/t15-,17?/m1/s1. The van der Waals surface area contributed by atoms with Crippen molar-refractivity contribution < 1.29 is 4.74 Å². The molecular weight excluding hydrogens is 260 g/mol. The Morgan fingerprint density at radius 2 is 1.81 bits per heavy atom. The van der Waals surface area contributed by atoms with Crippen molar-refractivity contribution in [3.8, 4) is 5.75 Å². The monoisotopic (exact) mass is 290 g/mol. The fraction of sp³-hybridized carbons (Fsp3) is 0.667. The topological polar surface area (TPSA) is 24.5 Å². The van der Waals surface area contributed by atoms with E-state index >= 15 is 0 Å². The number of benzene rings is 1. The molecule has 0 saturated carbocycles. The molecule has 3 heteroatoms. The second-order valence-corrected chi connectivity index (χ2v) is 6.42. The fourth-order valence-electron chi connectivity index (χ4n) is 3.14. The largest absolute Gasteiger partial charge is 0.497 e. The smallest absolute Gasteiger partial charge is 0.118 e. The van der Waals surface area contributed by atoms with Crippen LogP contribution in [0.1, 0.15) is 51.6 Å². The third kappa shape index (κ3) is 4.72. The van der Waals surface area contributed by atoms with Crippen molar-refractivity contribution >= 4 is 0 Å². The average Bonchev–Trinajstić information content (AvgIpc) is 2.73. The summed E-state index contributed by atoms with van der Waals surface area (Å²) in [5.41, 5.74) is 1.33. The molecule has 1 aromatic carbocycles. The summed E-state index contributed by atoms with van der Waals surface area (Å²) in [6, 6.07) is 10.1. The van der Waals surface area contributed by atoms with Crippen molar-refractivity contribution in [2.75, 3.05) is 20.2 Å². The molecule has 1 aliphatic heterocycles. The number of rotatable bonds is 5. The number of ether oxygens (including phenoxy) is 1. The first-order valence-electron chi connectivity index (χ1n) is 8.24. The summed E-state index contributed by atoms with van der Waals surface area (Å²) in [4.78, 5) is 2.60. The van der Waals surface area contributed by atoms with E-state index in [9.17, 15) is 0 Å². The Bertz CT molecular complexity index is 416. The number of nitrogens with zero attached hydrogens (tertiary/aromatic N) is 1. The molecule has 2 rings (SSSR count). The first-order valence-corrected chi connectivity index (χ1v) is 8.24. The van der Waals surface area contributed by atoms with Gasteiger partial charge in [0, 0.05) is 18.1 Å². The van der Waals surface area contributed by atoms with Crippen LogP contribution in [0.15, 0.2) is 24.3 Å². The number of hydrogen-bond acceptors (Lipinski definition) is 3. The van der Waals surface area contributed by atoms with Crippen LogP contribution in [-0.4, -0.2) is 37.2 Å². The molecule has 118 valence electrons. The molecule has 0 aromatic heterocycles. The van der Waals surface area contributed by atoms with Crippen LogP contribution in [-0.2, 0) is 0 Å². The predicted molar refractivity (Wildman–Crippen MR) is 88.9 cm³/mol. The van der Waals surface area contributed by atoms with E-state index in [1.54, 1.807) is 7.11 Å². The van der Waals surface area contributed by atoms with Gasteiger partial charge in [-0.15, -0.1) is 0 Å². The summed E-state index contributed by atoms with van der Waals surface area (Å²) in [5.74, 6) is 0.924. The maximum absolute atomic E-state index is 5.22. The lowest BCUT2D eigenvalue weighted by Gasteiger charge is -2.25. The highest BCUT2D eigenvalue weighted by Crippen LogP contribution is 2.20. The molecule has 0 aliphatic carbocycles. The second kappa shape index (κ2) is 7.81. The lowest BCUT2D eigenvalue weighted by molar-refractivity contribution is 0.228. The molecule has 0 amide bonds. The van der Waals surface area contributed by atoms with Gasteiger partial charge in [-0.2, -0.15) is 0 Å². The molecule has 1 saturated heterocycles. The molecule has 1 fully saturated rings. The highest BCUT2D eigenvalue weighted by molar-refractivity contribution is 5.28. The van der Waals surface area contributed by atoms with Gasteiger partial charge in [-0.3, -0.25) is 0 Å². The van der Waals surface area contributed by atoms with Crippen LogP contribution in [0.5, 0.6) is 5.75 Å². The Labute approximate surface area is 129 Å². The zero-order chi connectivity index (χ0) is 15.2. The minimum Gasteiger partial charge on any atom is -0.497 e. The number of methoxy groups -OCH3 is 1. The van der Waals surface area contributed by atoms with Crippen LogP contribution < -0.4 is 10.1 Å². The van der Waals surface area contributed by atoms with Crippen molar-refractivity contribution in [1.29, 1.82) is 0 Å². The van der Waals surface area contributed by atoms with E-state index in [1.807, 2.05) is 12.1 Å². The third-order valence-electron chi connectivity index (χ3n) is 4.59. The zero-order valence-corrected chi connectivity index (χ0v) is 13.9. The SMILES string of the molecule is COc1ccc([C@@H](C)NC2CCCN(C(C)C)CC2)cc1.